The highest BCUT2D eigenvalue weighted by molar-refractivity contribution is 6.90. The van der Waals surface area contributed by atoms with Gasteiger partial charge in [0.15, 0.2) is 0 Å². The Balaban J connectivity index is 1.20. The van der Waals surface area contributed by atoms with Gasteiger partial charge in [0.25, 0.3) is 8.41 Å². The maximum absolute atomic E-state index is 16.8. The van der Waals surface area contributed by atoms with Crippen LogP contribution in [0, 0.1) is 17.8 Å². The van der Waals surface area contributed by atoms with E-state index in [1.807, 2.05) is 73.6 Å². The highest BCUT2D eigenvalue weighted by Crippen LogP contribution is 2.51. The van der Waals surface area contributed by atoms with Gasteiger partial charge in [-0.25, -0.2) is 4.98 Å². The third-order valence-electron chi connectivity index (χ3n) is 18.0. The Kier molecular flexibility index (Phi) is 28.9. The van der Waals surface area contributed by atoms with Gasteiger partial charge in [-0.15, -0.1) is 0 Å². The van der Waals surface area contributed by atoms with Crippen molar-refractivity contribution < 1.29 is 56.8 Å². The first-order chi connectivity index (χ1) is 45.0. The van der Waals surface area contributed by atoms with Gasteiger partial charge in [0.05, 0.1) is 19.3 Å². The van der Waals surface area contributed by atoms with E-state index < -0.39 is 126 Å². The van der Waals surface area contributed by atoms with Crippen LogP contribution in [0.5, 0.6) is 0 Å². The molecule has 4 aromatic rings. The van der Waals surface area contributed by atoms with Crippen molar-refractivity contribution in [1.82, 2.24) is 62.0 Å². The Labute approximate surface area is 564 Å². The van der Waals surface area contributed by atoms with Gasteiger partial charge in [0, 0.05) is 87.8 Å². The number of carbonyl (C=O) groups is 11. The lowest BCUT2D eigenvalue weighted by Crippen LogP contribution is -2.59. The highest BCUT2D eigenvalue weighted by Gasteiger charge is 2.56. The van der Waals surface area contributed by atoms with Gasteiger partial charge in [-0.05, 0) is 89.2 Å². The number of benzene rings is 2. The molecule has 528 valence electrons. The smallest absolute Gasteiger partial charge is 0.288 e. The van der Waals surface area contributed by atoms with E-state index in [-0.39, 0.29) is 75.6 Å². The van der Waals surface area contributed by atoms with Crippen LogP contribution in [0.1, 0.15) is 164 Å². The van der Waals surface area contributed by atoms with Crippen LogP contribution in [-0.4, -0.2) is 155 Å². The van der Waals surface area contributed by atoms with E-state index in [1.165, 1.54) is 14.0 Å². The molecule has 0 bridgehead atoms. The van der Waals surface area contributed by atoms with Gasteiger partial charge in [0.2, 0.25) is 65.0 Å². The van der Waals surface area contributed by atoms with E-state index >= 15 is 4.11 Å². The molecule has 13 N–H and O–H groups in total. The summed E-state index contributed by atoms with van der Waals surface area (Å²) in [6.45, 7) is 19.9. The number of nitrogens with zero attached hydrogens (tertiary/aromatic N) is 3. The molecule has 2 aromatic carbocycles. The van der Waals surface area contributed by atoms with Gasteiger partial charge in [-0.1, -0.05) is 131 Å². The van der Waals surface area contributed by atoms with Crippen molar-refractivity contribution in [2.45, 2.75) is 218 Å². The number of hydrogen-bond acceptors (Lipinski definition) is 12. The molecule has 27 heteroatoms. The second-order valence-corrected chi connectivity index (χ2v) is 33.2. The van der Waals surface area contributed by atoms with Crippen LogP contribution < -0.4 is 59.2 Å². The zero-order valence-electron chi connectivity index (χ0n) is 58.3. The Morgan fingerprint density at radius 2 is 1.30 bits per heavy atom. The molecule has 0 radical (unpaired) electrons. The average Bonchev–Trinajstić information content (AvgIpc) is 1.04. The molecule has 0 saturated heterocycles. The summed E-state index contributed by atoms with van der Waals surface area (Å²) in [6.07, 6.45) is 8.26. The average molecular weight is 1350 g/mol. The van der Waals surface area contributed by atoms with Crippen molar-refractivity contribution in [3.63, 3.8) is 0 Å². The zero-order valence-corrected chi connectivity index (χ0v) is 59.3. The minimum absolute atomic E-state index is 0.000285. The monoisotopic (exact) mass is 1350 g/mol. The quantitative estimate of drug-likeness (QED) is 0.0173. The third kappa shape index (κ3) is 23.1. The molecule has 96 heavy (non-hydrogen) atoms. The first kappa shape index (κ1) is 78.2. The summed E-state index contributed by atoms with van der Waals surface area (Å²) in [6, 6.07) is 6.77. The fourth-order valence-electron chi connectivity index (χ4n) is 12.0. The third-order valence-corrected chi connectivity index (χ3v) is 23.3. The van der Waals surface area contributed by atoms with E-state index in [0.717, 1.165) is 34.2 Å². The summed E-state index contributed by atoms with van der Waals surface area (Å²) in [5.74, 6) is -7.10. The van der Waals surface area contributed by atoms with Crippen LogP contribution in [0.3, 0.4) is 0 Å². The topological polar surface area (TPSA) is 373 Å². The number of hydrogen-bond donors (Lipinski definition) is 11. The summed E-state index contributed by atoms with van der Waals surface area (Å²) in [4.78, 5) is 157. The largest absolute Gasteiger partial charge is 0.370 e. The van der Waals surface area contributed by atoms with Crippen molar-refractivity contribution in [3.8, 4) is 0 Å². The lowest BCUT2D eigenvalue weighted by molar-refractivity contribution is -0.140. The number of nitrogens with one attached hydrogen (secondary N) is 9. The molecule has 1 fully saturated rings. The number of rotatable bonds is 38. The number of primary amides is 2. The van der Waals surface area contributed by atoms with Gasteiger partial charge < -0.3 is 72.6 Å². The van der Waals surface area contributed by atoms with Crippen LogP contribution in [0.25, 0.3) is 10.9 Å². The molecule has 8 atom stereocenters. The van der Waals surface area contributed by atoms with Crippen molar-refractivity contribution >= 4 is 89.5 Å². The molecule has 1 aliphatic carbocycles. The number of aryl methyl sites for hydroxylation is 1. The first-order valence-corrected chi connectivity index (χ1v) is 35.4. The van der Waals surface area contributed by atoms with E-state index in [0.29, 0.717) is 48.0 Å². The van der Waals surface area contributed by atoms with Crippen molar-refractivity contribution in [3.05, 3.63) is 84.1 Å². The predicted molar refractivity (Wildman–Crippen MR) is 367 cm³/mol. The number of aromatic nitrogens is 3. The summed E-state index contributed by atoms with van der Waals surface area (Å²) in [5, 5.41) is 22.5. The van der Waals surface area contributed by atoms with Crippen LogP contribution in [0.4, 0.5) is 4.11 Å². The normalized spacial score (nSPS) is 15.1. The molecule has 1 saturated carbocycles. The fourth-order valence-corrected chi connectivity index (χ4v) is 16.7. The Hall–Kier alpha value is -8.49. The van der Waals surface area contributed by atoms with Crippen LogP contribution >= 0.6 is 0 Å². The van der Waals surface area contributed by atoms with Gasteiger partial charge >= 0.3 is 0 Å². The molecule has 1 aliphatic rings. The molecule has 5 rings (SSSR count). The number of unbranched alkanes of at least 4 members (excludes halogenated alkanes) is 1. The molecule has 0 aliphatic heterocycles. The van der Waals surface area contributed by atoms with Gasteiger partial charge in [-0.3, -0.25) is 52.7 Å². The number of imidazole rings is 1. The molecular formula is C69H105FN14O11Si. The van der Waals surface area contributed by atoms with E-state index in [4.69, 9.17) is 11.5 Å². The van der Waals surface area contributed by atoms with Gasteiger partial charge in [-0.2, -0.15) is 0 Å². The number of para-hydroxylation sites is 1. The lowest BCUT2D eigenvalue weighted by atomic mass is 9.94. The molecule has 2 aromatic heterocycles. The van der Waals surface area contributed by atoms with Crippen LogP contribution in [-0.2, 0) is 79.1 Å². The predicted octanol–water partition coefficient (Wildman–Crippen LogP) is 3.84. The lowest BCUT2D eigenvalue weighted by Gasteiger charge is -2.44. The Morgan fingerprint density at radius 1 is 0.698 bits per heavy atom. The highest BCUT2D eigenvalue weighted by atomic mass is 28.4. The second kappa shape index (κ2) is 35.5. The molecule has 0 spiro atoms. The number of aromatic amines is 1. The Morgan fingerprint density at radius 3 is 1.90 bits per heavy atom. The zero-order chi connectivity index (χ0) is 71.4. The Bertz CT molecular complexity index is 3340. The minimum atomic E-state index is -3.48. The summed E-state index contributed by atoms with van der Waals surface area (Å²) in [7, 11) is -0.372. The maximum Gasteiger partial charge on any atom is 0.288 e. The minimum Gasteiger partial charge on any atom is -0.370 e. The molecule has 25 nitrogen and oxygen atoms in total. The van der Waals surface area contributed by atoms with E-state index in [9.17, 15) is 52.7 Å². The van der Waals surface area contributed by atoms with Crippen molar-refractivity contribution in [2.75, 3.05) is 20.1 Å². The molecular weight excluding hydrogens is 1250 g/mol. The SMILES string of the molecule is CC[C@H](C)[C@@H](CCC(=O)N[C@@H](CC1CC1)C(N)=O)NC(=O)[C@H](Cc1cncn1C)NC(=O)CN(C)C(=O)[C@@H](NC(=O)[C@H](C)NC(=O)[C@H](Cc1c[nH]c2ccccc12)NC(=O)[C@H](CCC(N)=O)NC(=O)CCCCNC(=O)Cc1ccc([Si]([18F])(C(C)(C)C)C(C)(C)C)cc1)C(C)C. The second-order valence-electron chi connectivity index (χ2n) is 28.3. The maximum atomic E-state index is 16.8. The first-order valence-electron chi connectivity index (χ1n) is 33.5. The molecule has 11 amide bonds. The summed E-state index contributed by atoms with van der Waals surface area (Å²) in [5.41, 5.74) is 13.8. The van der Waals surface area contributed by atoms with Crippen LogP contribution in [0.15, 0.2) is 67.3 Å². The summed E-state index contributed by atoms with van der Waals surface area (Å²) < 4.78 is 18.5. The number of likely N-dealkylation sites (N-methyl/N-ethyl adjacent to an activating group) is 1. The number of fused-ring (bicyclic) bond motifs is 1. The number of halogens is 1. The van der Waals surface area contributed by atoms with Crippen molar-refractivity contribution in [1.29, 1.82) is 0 Å². The molecule has 0 unspecified atom stereocenters. The number of carbonyl (C=O) groups excluding carboxylic acids is 11. The van der Waals surface area contributed by atoms with Gasteiger partial charge in [0.1, 0.15) is 36.3 Å². The van der Waals surface area contributed by atoms with Crippen LogP contribution in [0.2, 0.25) is 10.1 Å². The standard InChI is InChI=1S/C69H105FN14O11Si/c1-14-42(4)50(29-31-58(87)78-53(62(72)90)33-44-22-23-44)80-66(94)55(36-47-38-73-40-84(47)13)79-60(89)39-83(12)67(95)61(41(2)3)82-63(91)43(5)76-65(93)54(35-46-37-75-51-20-16-15-19-49(46)51)81-64(92)52(28-30-56(71)85)77-57(86)21-17-18-32-74-59(88)34-45-24-26-48(27-25-45)96(70,68(6,7)8)69(9,10)11/h15-16,19-20,24-27,37-38,40-44,50,52-55,61,75H,14,17-18,21-23,28-36,39H2,1-13H3,(H2,71,85)(H2,72,90)(H,74,88)(H,76,93)(H,77,86)(H,78,87)(H,79,89)(H,80,94)(H,81,92)(H,82,91)/t42-,43-,50+,52-,53-,54-,55-,61-/m0/s1/i70-1. The van der Waals surface area contributed by atoms with E-state index in [2.05, 4.69) is 52.5 Å². The number of nitrogens with two attached hydrogens (primary N) is 2. The number of amides is 11. The van der Waals surface area contributed by atoms with Crippen molar-refractivity contribution in [2.24, 2.45) is 36.3 Å². The summed E-state index contributed by atoms with van der Waals surface area (Å²) >= 11 is 0. The molecule has 2 heterocycles. The number of H-pyrrole nitrogens is 1. The van der Waals surface area contributed by atoms with E-state index in [1.54, 1.807) is 74.5 Å². The fraction of sp³-hybridized carbons (Fsp3) is 0.594.